The lowest BCUT2D eigenvalue weighted by Gasteiger charge is -2.14. The van der Waals surface area contributed by atoms with Crippen molar-refractivity contribution in [2.45, 2.75) is 38.5 Å². The second-order valence-electron chi connectivity index (χ2n) is 4.44. The van der Waals surface area contributed by atoms with Gasteiger partial charge >= 0.3 is 6.03 Å². The fourth-order valence-corrected chi connectivity index (χ4v) is 2.54. The van der Waals surface area contributed by atoms with Gasteiger partial charge in [-0.3, -0.25) is 0 Å². The van der Waals surface area contributed by atoms with Gasteiger partial charge in [-0.15, -0.1) is 0 Å². The molecule has 3 nitrogen and oxygen atoms in total. The van der Waals surface area contributed by atoms with Crippen LogP contribution < -0.4 is 5.32 Å². The SMILES string of the molecule is O=C1[N]CCN1CCCC1CCCC1. The highest BCUT2D eigenvalue weighted by atomic mass is 16.2. The van der Waals surface area contributed by atoms with Crippen molar-refractivity contribution in [2.24, 2.45) is 5.92 Å². The van der Waals surface area contributed by atoms with Gasteiger partial charge in [0.2, 0.25) is 0 Å². The highest BCUT2D eigenvalue weighted by Gasteiger charge is 2.21. The molecule has 0 bridgehead atoms. The Bertz CT molecular complexity index is 199. The molecule has 14 heavy (non-hydrogen) atoms. The van der Waals surface area contributed by atoms with Crippen molar-refractivity contribution in [3.05, 3.63) is 0 Å². The quantitative estimate of drug-likeness (QED) is 0.675. The molecule has 0 unspecified atom stereocenters. The molecule has 1 aliphatic carbocycles. The van der Waals surface area contributed by atoms with Gasteiger partial charge < -0.3 is 4.90 Å². The van der Waals surface area contributed by atoms with Gasteiger partial charge in [-0.1, -0.05) is 25.7 Å². The molecule has 79 valence electrons. The summed E-state index contributed by atoms with van der Waals surface area (Å²) in [5.41, 5.74) is 0. The molecule has 0 aromatic heterocycles. The van der Waals surface area contributed by atoms with E-state index < -0.39 is 0 Å². The summed E-state index contributed by atoms with van der Waals surface area (Å²) in [6.45, 7) is 2.49. The van der Waals surface area contributed by atoms with E-state index in [1.165, 1.54) is 38.5 Å². The van der Waals surface area contributed by atoms with Gasteiger partial charge in [-0.05, 0) is 18.8 Å². The zero-order valence-electron chi connectivity index (χ0n) is 8.74. The second-order valence-corrected chi connectivity index (χ2v) is 4.44. The summed E-state index contributed by atoms with van der Waals surface area (Å²) in [4.78, 5) is 13.0. The molecule has 0 aromatic carbocycles. The van der Waals surface area contributed by atoms with E-state index in [-0.39, 0.29) is 6.03 Å². The number of urea groups is 1. The van der Waals surface area contributed by atoms with Gasteiger partial charge in [0.15, 0.2) is 0 Å². The van der Waals surface area contributed by atoms with Gasteiger partial charge in [-0.2, -0.15) is 0 Å². The number of hydrogen-bond acceptors (Lipinski definition) is 1. The third kappa shape index (κ3) is 2.40. The Morgan fingerprint density at radius 2 is 2.14 bits per heavy atom. The lowest BCUT2D eigenvalue weighted by atomic mass is 10.0. The van der Waals surface area contributed by atoms with E-state index in [1.54, 1.807) is 0 Å². The standard InChI is InChI=1S/C11H19N2O/c14-11-12-7-9-13(11)8-3-6-10-4-1-2-5-10/h10H,1-9H2. The molecule has 2 amide bonds. The fourth-order valence-electron chi connectivity index (χ4n) is 2.54. The number of nitrogens with zero attached hydrogens (tertiary/aromatic N) is 2. The zero-order chi connectivity index (χ0) is 9.80. The summed E-state index contributed by atoms with van der Waals surface area (Å²) in [5, 5.41) is 3.86. The van der Waals surface area contributed by atoms with Crippen molar-refractivity contribution in [1.82, 2.24) is 10.2 Å². The fraction of sp³-hybridized carbons (Fsp3) is 0.909. The van der Waals surface area contributed by atoms with Crippen molar-refractivity contribution < 1.29 is 4.79 Å². The first-order chi connectivity index (χ1) is 6.86. The summed E-state index contributed by atoms with van der Waals surface area (Å²) in [6.07, 6.45) is 8.15. The van der Waals surface area contributed by atoms with Crippen molar-refractivity contribution in [2.75, 3.05) is 19.6 Å². The van der Waals surface area contributed by atoms with Gasteiger partial charge in [0, 0.05) is 13.1 Å². The number of rotatable bonds is 4. The maximum atomic E-state index is 11.2. The molecule has 1 heterocycles. The van der Waals surface area contributed by atoms with Crippen molar-refractivity contribution in [1.29, 1.82) is 0 Å². The Morgan fingerprint density at radius 1 is 1.36 bits per heavy atom. The first-order valence-corrected chi connectivity index (χ1v) is 5.82. The maximum absolute atomic E-state index is 11.2. The van der Waals surface area contributed by atoms with Crippen LogP contribution in [0.4, 0.5) is 4.79 Å². The van der Waals surface area contributed by atoms with Gasteiger partial charge in [-0.25, -0.2) is 10.1 Å². The van der Waals surface area contributed by atoms with Crippen LogP contribution in [0.5, 0.6) is 0 Å². The van der Waals surface area contributed by atoms with Crippen LogP contribution in [-0.2, 0) is 0 Å². The van der Waals surface area contributed by atoms with Crippen LogP contribution in [0.25, 0.3) is 0 Å². The summed E-state index contributed by atoms with van der Waals surface area (Å²) in [5.74, 6) is 0.949. The smallest absolute Gasteiger partial charge is 0.321 e. The Hall–Kier alpha value is -0.730. The zero-order valence-corrected chi connectivity index (χ0v) is 8.74. The van der Waals surface area contributed by atoms with Gasteiger partial charge in [0.1, 0.15) is 0 Å². The van der Waals surface area contributed by atoms with Crippen LogP contribution in [0.1, 0.15) is 38.5 Å². The van der Waals surface area contributed by atoms with E-state index in [9.17, 15) is 4.79 Å². The molecule has 0 spiro atoms. The van der Waals surface area contributed by atoms with E-state index >= 15 is 0 Å². The predicted molar refractivity (Wildman–Crippen MR) is 55.2 cm³/mol. The Labute approximate surface area is 85.8 Å². The molecule has 2 rings (SSSR count). The highest BCUT2D eigenvalue weighted by Crippen LogP contribution is 2.28. The van der Waals surface area contributed by atoms with E-state index in [1.807, 2.05) is 4.90 Å². The normalized spacial score (nSPS) is 23.1. The summed E-state index contributed by atoms with van der Waals surface area (Å²) in [7, 11) is 0. The number of amides is 2. The monoisotopic (exact) mass is 195 g/mol. The van der Waals surface area contributed by atoms with Crippen molar-refractivity contribution >= 4 is 6.03 Å². The molecule has 1 radical (unpaired) electrons. The van der Waals surface area contributed by atoms with E-state index in [0.717, 1.165) is 19.0 Å². The summed E-state index contributed by atoms with van der Waals surface area (Å²) >= 11 is 0. The molecular formula is C11H19N2O. The summed E-state index contributed by atoms with van der Waals surface area (Å²) < 4.78 is 0. The highest BCUT2D eigenvalue weighted by molar-refractivity contribution is 5.75. The topological polar surface area (TPSA) is 34.4 Å². The van der Waals surface area contributed by atoms with E-state index in [4.69, 9.17) is 0 Å². The third-order valence-corrected chi connectivity index (χ3v) is 3.40. The molecule has 3 heteroatoms. The molecule has 2 fully saturated rings. The minimum Gasteiger partial charge on any atom is -0.321 e. The number of hydrogen-bond donors (Lipinski definition) is 0. The van der Waals surface area contributed by atoms with Crippen LogP contribution in [-0.4, -0.2) is 30.6 Å². The van der Waals surface area contributed by atoms with Crippen LogP contribution in [0.15, 0.2) is 0 Å². The molecule has 2 aliphatic rings. The lowest BCUT2D eigenvalue weighted by molar-refractivity contribution is 0.215. The summed E-state index contributed by atoms with van der Waals surface area (Å²) in [6, 6.07) is 0.0106. The first kappa shape index (κ1) is 9.81. The maximum Gasteiger partial charge on any atom is 0.339 e. The van der Waals surface area contributed by atoms with Crippen molar-refractivity contribution in [3.8, 4) is 0 Å². The molecule has 1 saturated carbocycles. The van der Waals surface area contributed by atoms with E-state index in [2.05, 4.69) is 5.32 Å². The minimum absolute atomic E-state index is 0.0106. The molecule has 1 aliphatic heterocycles. The average Bonchev–Trinajstić information content (AvgIpc) is 2.78. The Kier molecular flexibility index (Phi) is 3.27. The lowest BCUT2D eigenvalue weighted by Crippen LogP contribution is -2.27. The van der Waals surface area contributed by atoms with Crippen LogP contribution >= 0.6 is 0 Å². The molecule has 1 saturated heterocycles. The largest absolute Gasteiger partial charge is 0.339 e. The van der Waals surface area contributed by atoms with Crippen LogP contribution in [0.3, 0.4) is 0 Å². The third-order valence-electron chi connectivity index (χ3n) is 3.40. The van der Waals surface area contributed by atoms with Gasteiger partial charge in [0.25, 0.3) is 0 Å². The van der Waals surface area contributed by atoms with E-state index in [0.29, 0.717) is 6.54 Å². The number of carbonyl (C=O) groups excluding carboxylic acids is 1. The Morgan fingerprint density at radius 3 is 2.79 bits per heavy atom. The molecule has 0 atom stereocenters. The second kappa shape index (κ2) is 4.67. The van der Waals surface area contributed by atoms with Crippen molar-refractivity contribution in [3.63, 3.8) is 0 Å². The average molecular weight is 195 g/mol. The van der Waals surface area contributed by atoms with Crippen LogP contribution in [0, 0.1) is 5.92 Å². The first-order valence-electron chi connectivity index (χ1n) is 5.82. The van der Waals surface area contributed by atoms with Crippen LogP contribution in [0.2, 0.25) is 0 Å². The Balaban J connectivity index is 1.60. The molecule has 0 N–H and O–H groups in total. The molecule has 0 aromatic rings. The predicted octanol–water partition coefficient (Wildman–Crippen LogP) is 2.00. The van der Waals surface area contributed by atoms with Gasteiger partial charge in [0.05, 0.1) is 6.54 Å². The number of carbonyl (C=O) groups is 1. The molecular weight excluding hydrogens is 176 g/mol. The minimum atomic E-state index is 0.0106.